The monoisotopic (exact) mass is 265 g/mol. The summed E-state index contributed by atoms with van der Waals surface area (Å²) in [6.07, 6.45) is 0. The van der Waals surface area contributed by atoms with Crippen molar-refractivity contribution in [3.05, 3.63) is 71.5 Å². The lowest BCUT2D eigenvalue weighted by molar-refractivity contribution is 0.477. The van der Waals surface area contributed by atoms with Crippen LogP contribution in [-0.4, -0.2) is 6.54 Å². The van der Waals surface area contributed by atoms with Crippen LogP contribution in [0.3, 0.4) is 0 Å². The maximum atomic E-state index is 6.01. The van der Waals surface area contributed by atoms with Gasteiger partial charge in [0, 0.05) is 5.39 Å². The van der Waals surface area contributed by atoms with Crippen molar-refractivity contribution < 1.29 is 4.42 Å². The Hall–Kier alpha value is -2.06. The highest BCUT2D eigenvalue weighted by atomic mass is 16.3. The van der Waals surface area contributed by atoms with Crippen molar-refractivity contribution in [2.45, 2.75) is 19.9 Å². The summed E-state index contributed by atoms with van der Waals surface area (Å²) in [6.45, 7) is 5.13. The van der Waals surface area contributed by atoms with Crippen molar-refractivity contribution in [3.63, 3.8) is 0 Å². The first-order valence-electron chi connectivity index (χ1n) is 7.06. The topological polar surface area (TPSA) is 25.2 Å². The average Bonchev–Trinajstić information content (AvgIpc) is 2.88. The maximum Gasteiger partial charge on any atom is 0.134 e. The molecule has 2 heteroatoms. The van der Waals surface area contributed by atoms with Gasteiger partial charge < -0.3 is 9.73 Å². The molecule has 0 aliphatic rings. The molecule has 0 saturated carbocycles. The second-order valence-electron chi connectivity index (χ2n) is 5.09. The van der Waals surface area contributed by atoms with Crippen LogP contribution in [-0.2, 0) is 0 Å². The third kappa shape index (κ3) is 2.47. The zero-order valence-corrected chi connectivity index (χ0v) is 11.9. The lowest BCUT2D eigenvalue weighted by atomic mass is 10.0. The molecule has 0 amide bonds. The Morgan fingerprint density at radius 1 is 1.05 bits per heavy atom. The summed E-state index contributed by atoms with van der Waals surface area (Å²) in [4.78, 5) is 0. The zero-order valence-electron chi connectivity index (χ0n) is 11.9. The number of fused-ring (bicyclic) bond motifs is 1. The van der Waals surface area contributed by atoms with Crippen LogP contribution in [0.25, 0.3) is 11.0 Å². The quantitative estimate of drug-likeness (QED) is 0.754. The highest BCUT2D eigenvalue weighted by Gasteiger charge is 2.17. The van der Waals surface area contributed by atoms with Gasteiger partial charge in [-0.1, -0.05) is 55.0 Å². The summed E-state index contributed by atoms with van der Waals surface area (Å²) in [6, 6.07) is 18.9. The Kier molecular flexibility index (Phi) is 3.57. The van der Waals surface area contributed by atoms with E-state index in [9.17, 15) is 0 Å². The van der Waals surface area contributed by atoms with Gasteiger partial charge in [-0.2, -0.15) is 0 Å². The van der Waals surface area contributed by atoms with Crippen molar-refractivity contribution in [2.24, 2.45) is 0 Å². The van der Waals surface area contributed by atoms with E-state index in [-0.39, 0.29) is 6.04 Å². The lowest BCUT2D eigenvalue weighted by Crippen LogP contribution is -2.21. The fraction of sp³-hybridized carbons (Fsp3) is 0.222. The highest BCUT2D eigenvalue weighted by Crippen LogP contribution is 2.28. The van der Waals surface area contributed by atoms with Gasteiger partial charge in [0.2, 0.25) is 0 Å². The van der Waals surface area contributed by atoms with Crippen LogP contribution < -0.4 is 5.32 Å². The van der Waals surface area contributed by atoms with Crippen LogP contribution in [0.5, 0.6) is 0 Å². The number of hydrogen-bond donors (Lipinski definition) is 1. The largest absolute Gasteiger partial charge is 0.459 e. The molecular weight excluding hydrogens is 246 g/mol. The molecule has 1 heterocycles. The fourth-order valence-electron chi connectivity index (χ4n) is 2.58. The Morgan fingerprint density at radius 2 is 1.90 bits per heavy atom. The lowest BCUT2D eigenvalue weighted by Gasteiger charge is -2.16. The molecular formula is C18H19NO. The molecule has 2 aromatic carbocycles. The van der Waals surface area contributed by atoms with Crippen LogP contribution >= 0.6 is 0 Å². The van der Waals surface area contributed by atoms with Gasteiger partial charge in [0.05, 0.1) is 6.04 Å². The number of aryl methyl sites for hydroxylation is 1. The van der Waals surface area contributed by atoms with E-state index in [2.05, 4.69) is 55.6 Å². The Balaban J connectivity index is 2.05. The van der Waals surface area contributed by atoms with E-state index in [4.69, 9.17) is 4.42 Å². The van der Waals surface area contributed by atoms with E-state index in [0.29, 0.717) is 0 Å². The zero-order chi connectivity index (χ0) is 13.9. The minimum absolute atomic E-state index is 0.104. The number of furan rings is 1. The molecule has 102 valence electrons. The van der Waals surface area contributed by atoms with Gasteiger partial charge in [-0.05, 0) is 31.2 Å². The second kappa shape index (κ2) is 5.51. The van der Waals surface area contributed by atoms with Crippen molar-refractivity contribution in [2.75, 3.05) is 6.54 Å². The van der Waals surface area contributed by atoms with Crippen molar-refractivity contribution in [3.8, 4) is 0 Å². The summed E-state index contributed by atoms with van der Waals surface area (Å²) in [5.41, 5.74) is 3.45. The van der Waals surface area contributed by atoms with Crippen LogP contribution in [0, 0.1) is 6.92 Å². The predicted molar refractivity (Wildman–Crippen MR) is 82.9 cm³/mol. The third-order valence-corrected chi connectivity index (χ3v) is 3.51. The molecule has 2 nitrogen and oxygen atoms in total. The average molecular weight is 265 g/mol. The van der Waals surface area contributed by atoms with Gasteiger partial charge >= 0.3 is 0 Å². The van der Waals surface area contributed by atoms with Crippen LogP contribution in [0.15, 0.2) is 59.0 Å². The van der Waals surface area contributed by atoms with Crippen LogP contribution in [0.2, 0.25) is 0 Å². The first-order valence-corrected chi connectivity index (χ1v) is 7.06. The number of para-hydroxylation sites is 1. The molecule has 3 rings (SSSR count). The van der Waals surface area contributed by atoms with E-state index in [0.717, 1.165) is 23.3 Å². The molecule has 0 spiro atoms. The smallest absolute Gasteiger partial charge is 0.134 e. The summed E-state index contributed by atoms with van der Waals surface area (Å²) in [5, 5.41) is 4.66. The van der Waals surface area contributed by atoms with Gasteiger partial charge in [0.1, 0.15) is 11.3 Å². The predicted octanol–water partition coefficient (Wildman–Crippen LogP) is 4.44. The summed E-state index contributed by atoms with van der Waals surface area (Å²) in [5.74, 6) is 0.971. The van der Waals surface area contributed by atoms with E-state index >= 15 is 0 Å². The Bertz CT molecular complexity index is 681. The highest BCUT2D eigenvalue weighted by molar-refractivity contribution is 5.78. The second-order valence-corrected chi connectivity index (χ2v) is 5.09. The summed E-state index contributed by atoms with van der Waals surface area (Å²) >= 11 is 0. The van der Waals surface area contributed by atoms with E-state index in [1.54, 1.807) is 0 Å². The Labute approximate surface area is 119 Å². The molecule has 1 N–H and O–H groups in total. The molecule has 0 aliphatic heterocycles. The molecule has 0 saturated heterocycles. The number of nitrogens with one attached hydrogen (secondary N) is 1. The van der Waals surface area contributed by atoms with Crippen molar-refractivity contribution in [1.29, 1.82) is 0 Å². The summed E-state index contributed by atoms with van der Waals surface area (Å²) in [7, 11) is 0. The maximum absolute atomic E-state index is 6.01. The number of rotatable bonds is 4. The number of hydrogen-bond acceptors (Lipinski definition) is 2. The SMILES string of the molecule is CCNC(c1cccc(C)c1)c1cc2ccccc2o1. The normalized spacial score (nSPS) is 12.7. The first-order chi connectivity index (χ1) is 9.78. The van der Waals surface area contributed by atoms with E-state index in [1.165, 1.54) is 11.1 Å². The molecule has 1 atom stereocenters. The molecule has 0 radical (unpaired) electrons. The fourth-order valence-corrected chi connectivity index (χ4v) is 2.58. The molecule has 0 aliphatic carbocycles. The minimum Gasteiger partial charge on any atom is -0.459 e. The van der Waals surface area contributed by atoms with Gasteiger partial charge in [-0.25, -0.2) is 0 Å². The third-order valence-electron chi connectivity index (χ3n) is 3.51. The van der Waals surface area contributed by atoms with Crippen molar-refractivity contribution in [1.82, 2.24) is 5.32 Å². The van der Waals surface area contributed by atoms with Gasteiger partial charge in [0.15, 0.2) is 0 Å². The summed E-state index contributed by atoms with van der Waals surface area (Å²) < 4.78 is 6.01. The Morgan fingerprint density at radius 3 is 2.65 bits per heavy atom. The molecule has 0 bridgehead atoms. The molecule has 20 heavy (non-hydrogen) atoms. The molecule has 1 unspecified atom stereocenters. The standard InChI is InChI=1S/C18H19NO/c1-3-19-18(15-9-6-7-13(2)11-15)17-12-14-8-4-5-10-16(14)20-17/h4-12,18-19H,3H2,1-2H3. The van der Waals surface area contributed by atoms with Gasteiger partial charge in [-0.3, -0.25) is 0 Å². The number of benzene rings is 2. The van der Waals surface area contributed by atoms with Crippen molar-refractivity contribution >= 4 is 11.0 Å². The first kappa shape index (κ1) is 12.9. The van der Waals surface area contributed by atoms with Gasteiger partial charge in [0.25, 0.3) is 0 Å². The van der Waals surface area contributed by atoms with Gasteiger partial charge in [-0.15, -0.1) is 0 Å². The van der Waals surface area contributed by atoms with E-state index < -0.39 is 0 Å². The minimum atomic E-state index is 0.104. The molecule has 0 fully saturated rings. The van der Waals surface area contributed by atoms with Crippen LogP contribution in [0.1, 0.15) is 29.9 Å². The molecule has 3 aromatic rings. The van der Waals surface area contributed by atoms with Crippen LogP contribution in [0.4, 0.5) is 0 Å². The van der Waals surface area contributed by atoms with E-state index in [1.807, 2.05) is 18.2 Å². The molecule has 1 aromatic heterocycles.